The van der Waals surface area contributed by atoms with Crippen molar-refractivity contribution in [1.29, 1.82) is 0 Å². The van der Waals surface area contributed by atoms with Gasteiger partial charge in [-0.05, 0) is 173 Å². The van der Waals surface area contributed by atoms with Crippen molar-refractivity contribution in [3.63, 3.8) is 0 Å². The maximum Gasteiger partial charge on any atom is 0.0540 e. The summed E-state index contributed by atoms with van der Waals surface area (Å²) in [5.41, 5.74) is 40.7. The number of para-hydroxylation sites is 6. The van der Waals surface area contributed by atoms with Gasteiger partial charge in [-0.1, -0.05) is 242 Å². The van der Waals surface area contributed by atoms with Crippen molar-refractivity contribution in [2.75, 3.05) is 14.7 Å². The molecule has 0 fully saturated rings. The van der Waals surface area contributed by atoms with Crippen molar-refractivity contribution in [3.05, 3.63) is 306 Å². The SMILES string of the molecule is CC1(C)c2cc(N3c4ccccc4-c4ccccc4-c4ccccc43)ccc2-c2c1c1c(c3c2C(C)(C)c2cc(N4c5ccccc5-c5ccccc5-c5ccccc54)ccc2-3)C(C)(C)c2cc(N3c4ccccc4-c4ccccc4-c4ccccc43)ccc2-1. The van der Waals surface area contributed by atoms with Crippen LogP contribution in [0.1, 0.15) is 74.9 Å². The molecule has 0 radical (unpaired) electrons. The van der Waals surface area contributed by atoms with Gasteiger partial charge in [-0.25, -0.2) is 0 Å². The first kappa shape index (κ1) is 51.3. The Hall–Kier alpha value is -10.7. The molecule has 3 aliphatic carbocycles. The van der Waals surface area contributed by atoms with Crippen LogP contribution in [0.3, 0.4) is 0 Å². The molecular formula is C87H63N3. The van der Waals surface area contributed by atoms with E-state index in [0.29, 0.717) is 0 Å². The van der Waals surface area contributed by atoms with E-state index in [-0.39, 0.29) is 0 Å². The molecular weight excluding hydrogens is 1090 g/mol. The molecule has 0 bridgehead atoms. The number of fused-ring (bicyclic) bond motifs is 27. The van der Waals surface area contributed by atoms with Crippen molar-refractivity contribution in [2.24, 2.45) is 0 Å². The van der Waals surface area contributed by atoms with E-state index in [1.165, 1.54) is 168 Å². The summed E-state index contributed by atoms with van der Waals surface area (Å²) >= 11 is 0. The van der Waals surface area contributed by atoms with Gasteiger partial charge < -0.3 is 14.7 Å². The lowest BCUT2D eigenvalue weighted by Crippen LogP contribution is -2.22. The number of anilines is 9. The third-order valence-corrected chi connectivity index (χ3v) is 21.4. The second-order valence-corrected chi connectivity index (χ2v) is 27.1. The summed E-state index contributed by atoms with van der Waals surface area (Å²) in [5, 5.41) is 0. The summed E-state index contributed by atoms with van der Waals surface area (Å²) in [6.07, 6.45) is 0. The van der Waals surface area contributed by atoms with Crippen molar-refractivity contribution in [2.45, 2.75) is 57.8 Å². The molecule has 3 heteroatoms. The summed E-state index contributed by atoms with van der Waals surface area (Å²) < 4.78 is 0. The molecule has 0 unspecified atom stereocenters. The summed E-state index contributed by atoms with van der Waals surface area (Å²) in [6, 6.07) is 103. The van der Waals surface area contributed by atoms with Gasteiger partial charge in [0, 0.05) is 66.7 Å². The van der Waals surface area contributed by atoms with Crippen LogP contribution in [0, 0.1) is 0 Å². The first-order chi connectivity index (χ1) is 44.0. The van der Waals surface area contributed by atoms with Gasteiger partial charge in [0.05, 0.1) is 34.1 Å². The number of benzene rings is 13. The van der Waals surface area contributed by atoms with Gasteiger partial charge in [-0.2, -0.15) is 0 Å². The largest absolute Gasteiger partial charge is 0.309 e. The minimum atomic E-state index is -0.414. The van der Waals surface area contributed by atoms with Gasteiger partial charge in [0.25, 0.3) is 0 Å². The van der Waals surface area contributed by atoms with Crippen LogP contribution in [0.25, 0.3) is 100 Å². The van der Waals surface area contributed by atoms with Crippen LogP contribution in [-0.2, 0) is 16.2 Å². The Kier molecular flexibility index (Phi) is 10.4. The van der Waals surface area contributed by atoms with E-state index in [0.717, 1.165) is 17.1 Å². The molecule has 13 aromatic carbocycles. The molecule has 3 nitrogen and oxygen atoms in total. The highest BCUT2D eigenvalue weighted by molar-refractivity contribution is 6.10. The second-order valence-electron chi connectivity index (χ2n) is 27.1. The third-order valence-electron chi connectivity index (χ3n) is 21.4. The Balaban J connectivity index is 0.857. The predicted octanol–water partition coefficient (Wildman–Crippen LogP) is 24.0. The van der Waals surface area contributed by atoms with Crippen LogP contribution >= 0.6 is 0 Å². The maximum absolute atomic E-state index is 2.56. The van der Waals surface area contributed by atoms with Gasteiger partial charge in [0.1, 0.15) is 0 Å². The Labute approximate surface area is 527 Å². The normalized spacial score (nSPS) is 15.2. The molecule has 3 heterocycles. The molecule has 426 valence electrons. The Bertz CT molecular complexity index is 4580. The summed E-state index contributed by atoms with van der Waals surface area (Å²) in [7, 11) is 0. The van der Waals surface area contributed by atoms with Crippen LogP contribution in [0.2, 0.25) is 0 Å². The van der Waals surface area contributed by atoms with E-state index in [1.54, 1.807) is 0 Å². The average Bonchev–Trinajstić information content (AvgIpc) is 1.49. The monoisotopic (exact) mass is 1150 g/mol. The summed E-state index contributed by atoms with van der Waals surface area (Å²) in [6.45, 7) is 15.1. The third kappa shape index (κ3) is 6.68. The highest BCUT2D eigenvalue weighted by Gasteiger charge is 2.53. The lowest BCUT2D eigenvalue weighted by Gasteiger charge is -2.32. The predicted molar refractivity (Wildman–Crippen MR) is 376 cm³/mol. The van der Waals surface area contributed by atoms with Crippen LogP contribution in [0.4, 0.5) is 51.2 Å². The zero-order valence-electron chi connectivity index (χ0n) is 51.3. The van der Waals surface area contributed by atoms with Crippen LogP contribution in [-0.4, -0.2) is 0 Å². The van der Waals surface area contributed by atoms with Crippen LogP contribution < -0.4 is 14.7 Å². The zero-order valence-corrected chi connectivity index (χ0v) is 51.3. The molecule has 90 heavy (non-hydrogen) atoms. The molecule has 0 saturated heterocycles. The van der Waals surface area contributed by atoms with E-state index < -0.39 is 16.2 Å². The lowest BCUT2D eigenvalue weighted by atomic mass is 9.71. The molecule has 0 atom stereocenters. The number of rotatable bonds is 3. The second kappa shape index (κ2) is 18.2. The molecule has 0 N–H and O–H groups in total. The molecule has 0 spiro atoms. The first-order valence-corrected chi connectivity index (χ1v) is 31.9. The molecule has 6 aliphatic rings. The molecule has 0 aromatic heterocycles. The number of nitrogens with zero attached hydrogens (tertiary/aromatic N) is 3. The van der Waals surface area contributed by atoms with Gasteiger partial charge in [0.15, 0.2) is 0 Å². The zero-order chi connectivity index (χ0) is 60.1. The summed E-state index contributed by atoms with van der Waals surface area (Å²) in [4.78, 5) is 7.61. The van der Waals surface area contributed by atoms with Gasteiger partial charge in [0.2, 0.25) is 0 Å². The fourth-order valence-corrected chi connectivity index (χ4v) is 17.5. The Morgan fingerprint density at radius 3 is 0.567 bits per heavy atom. The fraction of sp³-hybridized carbons (Fsp3) is 0.103. The van der Waals surface area contributed by atoms with E-state index in [4.69, 9.17) is 0 Å². The van der Waals surface area contributed by atoms with E-state index in [9.17, 15) is 0 Å². The number of hydrogen-bond donors (Lipinski definition) is 0. The minimum absolute atomic E-state index is 0.414. The summed E-state index contributed by atoms with van der Waals surface area (Å²) in [5.74, 6) is 0. The first-order valence-electron chi connectivity index (χ1n) is 31.9. The smallest absolute Gasteiger partial charge is 0.0540 e. The van der Waals surface area contributed by atoms with Crippen molar-refractivity contribution >= 4 is 51.2 Å². The maximum atomic E-state index is 2.56. The lowest BCUT2D eigenvalue weighted by molar-refractivity contribution is 0.636. The van der Waals surface area contributed by atoms with Crippen LogP contribution in [0.5, 0.6) is 0 Å². The van der Waals surface area contributed by atoms with E-state index >= 15 is 0 Å². The quantitative estimate of drug-likeness (QED) is 0.175. The topological polar surface area (TPSA) is 9.72 Å². The van der Waals surface area contributed by atoms with Gasteiger partial charge >= 0.3 is 0 Å². The minimum Gasteiger partial charge on any atom is -0.309 e. The van der Waals surface area contributed by atoms with Crippen molar-refractivity contribution < 1.29 is 0 Å². The average molecular weight is 1150 g/mol. The molecule has 0 saturated carbocycles. The Morgan fingerprint density at radius 2 is 0.367 bits per heavy atom. The number of hydrogen-bond acceptors (Lipinski definition) is 3. The molecule has 13 aromatic rings. The Morgan fingerprint density at radius 1 is 0.189 bits per heavy atom. The highest BCUT2D eigenvalue weighted by atomic mass is 15.2. The standard InChI is InChI=1S/C87H63N3/c1-85(2)70-49-52(88-73-37-19-13-31-61(73)55-25-7-8-26-56(55)62-32-14-20-38-74(62)88)43-46-67(70)79-82(85)80-68-47-44-53(89-75-39-21-15-33-63(75)57-27-9-10-28-58(57)64-34-16-22-40-76(64)89)50-71(68)86(3,4)84(80)81-69-48-45-54(51-72(69)87(5,6)83(79)81)90-77-41-23-17-35-65(77)59-29-11-12-30-60(59)66-36-18-24-42-78(66)90/h7-51H,1-6H3. The van der Waals surface area contributed by atoms with Crippen LogP contribution in [0.15, 0.2) is 273 Å². The molecule has 0 amide bonds. The molecule has 19 rings (SSSR count). The van der Waals surface area contributed by atoms with E-state index in [1.807, 2.05) is 0 Å². The molecule has 3 aliphatic heterocycles. The van der Waals surface area contributed by atoms with Crippen molar-refractivity contribution in [3.8, 4) is 100 Å². The van der Waals surface area contributed by atoms with Gasteiger partial charge in [-0.3, -0.25) is 0 Å². The van der Waals surface area contributed by atoms with Crippen molar-refractivity contribution in [1.82, 2.24) is 0 Å². The van der Waals surface area contributed by atoms with Gasteiger partial charge in [-0.15, -0.1) is 0 Å². The van der Waals surface area contributed by atoms with E-state index in [2.05, 4.69) is 329 Å². The fourth-order valence-electron chi connectivity index (χ4n) is 17.5. The highest BCUT2D eigenvalue weighted by Crippen LogP contribution is 2.69.